The van der Waals surface area contributed by atoms with Crippen LogP contribution in [0.5, 0.6) is 0 Å². The summed E-state index contributed by atoms with van der Waals surface area (Å²) < 4.78 is 1.92. The largest absolute Gasteiger partial charge is 0.478 e. The predicted octanol–water partition coefficient (Wildman–Crippen LogP) is 2.38. The van der Waals surface area contributed by atoms with Gasteiger partial charge < -0.3 is 20.3 Å². The Labute approximate surface area is 120 Å². The van der Waals surface area contributed by atoms with Crippen LogP contribution in [0.25, 0.3) is 16.8 Å². The van der Waals surface area contributed by atoms with E-state index in [1.807, 2.05) is 28.8 Å². The number of aromatic nitrogens is 1. The number of nitrogens with two attached hydrogens (primary N) is 1. The van der Waals surface area contributed by atoms with Gasteiger partial charge in [0.15, 0.2) is 0 Å². The van der Waals surface area contributed by atoms with Gasteiger partial charge in [-0.15, -0.1) is 0 Å². The third-order valence-electron chi connectivity index (χ3n) is 3.48. The van der Waals surface area contributed by atoms with E-state index in [0.29, 0.717) is 5.69 Å². The number of carboxylic acid groups (broad SMARTS) is 1. The minimum Gasteiger partial charge on any atom is -0.478 e. The molecule has 0 bridgehead atoms. The van der Waals surface area contributed by atoms with Crippen molar-refractivity contribution in [1.29, 1.82) is 0 Å². The van der Waals surface area contributed by atoms with E-state index in [0.717, 1.165) is 22.3 Å². The zero-order valence-electron chi connectivity index (χ0n) is 11.2. The van der Waals surface area contributed by atoms with Gasteiger partial charge in [-0.1, -0.05) is 12.1 Å². The predicted molar refractivity (Wildman–Crippen MR) is 80.1 cm³/mol. The fourth-order valence-corrected chi connectivity index (χ4v) is 2.37. The van der Waals surface area contributed by atoms with Crippen LogP contribution in [0.2, 0.25) is 0 Å². The van der Waals surface area contributed by atoms with Crippen LogP contribution in [0.4, 0.5) is 5.69 Å². The second-order valence-corrected chi connectivity index (χ2v) is 4.82. The average Bonchev–Trinajstić information content (AvgIpc) is 2.84. The zero-order valence-corrected chi connectivity index (χ0v) is 11.2. The molecule has 2 aromatic heterocycles. The van der Waals surface area contributed by atoms with E-state index < -0.39 is 5.97 Å². The molecule has 5 heteroatoms. The monoisotopic (exact) mass is 282 g/mol. The quantitative estimate of drug-likeness (QED) is 0.688. The fraction of sp³-hybridized carbons (Fsp3) is 0.0625. The molecule has 21 heavy (non-hydrogen) atoms. The van der Waals surface area contributed by atoms with E-state index in [2.05, 4.69) is 0 Å². The maximum absolute atomic E-state index is 10.9. The van der Waals surface area contributed by atoms with Gasteiger partial charge in [-0.3, -0.25) is 0 Å². The number of aliphatic hydroxyl groups excluding tert-OH is 1. The summed E-state index contributed by atoms with van der Waals surface area (Å²) in [5, 5.41) is 18.1. The summed E-state index contributed by atoms with van der Waals surface area (Å²) in [7, 11) is 0. The van der Waals surface area contributed by atoms with Gasteiger partial charge in [0.25, 0.3) is 0 Å². The van der Waals surface area contributed by atoms with Crippen molar-refractivity contribution in [2.45, 2.75) is 6.61 Å². The Morgan fingerprint density at radius 1 is 1.14 bits per heavy atom. The lowest BCUT2D eigenvalue weighted by Gasteiger charge is -2.05. The first kappa shape index (κ1) is 13.2. The summed E-state index contributed by atoms with van der Waals surface area (Å²) in [4.78, 5) is 10.9. The molecule has 0 aliphatic heterocycles. The Kier molecular flexibility index (Phi) is 3.12. The van der Waals surface area contributed by atoms with Crippen molar-refractivity contribution >= 4 is 17.2 Å². The number of rotatable bonds is 3. The van der Waals surface area contributed by atoms with Crippen LogP contribution < -0.4 is 5.73 Å². The molecule has 0 saturated carbocycles. The van der Waals surface area contributed by atoms with Gasteiger partial charge in [-0.2, -0.15) is 0 Å². The molecule has 0 amide bonds. The molecule has 0 saturated heterocycles. The standard InChI is InChI=1S/C16H14N2O3/c17-13-8-14(11-1-3-12(4-2-11)16(20)21)18-6-5-10(9-19)7-15(13)18/h1-8,19H,9,17H2,(H,20,21). The van der Waals surface area contributed by atoms with E-state index in [4.69, 9.17) is 10.8 Å². The molecule has 3 aromatic rings. The molecular weight excluding hydrogens is 268 g/mol. The molecule has 2 heterocycles. The molecular formula is C16H14N2O3. The number of benzene rings is 1. The number of carbonyl (C=O) groups is 1. The minimum atomic E-state index is -0.950. The van der Waals surface area contributed by atoms with Crippen molar-refractivity contribution in [3.63, 3.8) is 0 Å². The van der Waals surface area contributed by atoms with Gasteiger partial charge >= 0.3 is 5.97 Å². The van der Waals surface area contributed by atoms with Gasteiger partial charge in [0, 0.05) is 6.20 Å². The number of nitrogen functional groups attached to an aromatic ring is 1. The molecule has 5 nitrogen and oxygen atoms in total. The van der Waals surface area contributed by atoms with E-state index in [1.165, 1.54) is 0 Å². The summed E-state index contributed by atoms with van der Waals surface area (Å²) >= 11 is 0. The van der Waals surface area contributed by atoms with E-state index in [1.54, 1.807) is 24.3 Å². The Hall–Kier alpha value is -2.79. The van der Waals surface area contributed by atoms with Gasteiger partial charge in [0.2, 0.25) is 0 Å². The molecule has 4 N–H and O–H groups in total. The van der Waals surface area contributed by atoms with Crippen LogP contribution in [-0.4, -0.2) is 20.6 Å². The SMILES string of the molecule is Nc1cc(-c2ccc(C(=O)O)cc2)n2ccc(CO)cc12. The molecule has 0 fully saturated rings. The van der Waals surface area contributed by atoms with Gasteiger partial charge in [0.1, 0.15) is 0 Å². The number of aromatic carboxylic acids is 1. The number of aliphatic hydroxyl groups is 1. The fourth-order valence-electron chi connectivity index (χ4n) is 2.37. The van der Waals surface area contributed by atoms with Crippen molar-refractivity contribution in [2.24, 2.45) is 0 Å². The third-order valence-corrected chi connectivity index (χ3v) is 3.48. The molecule has 106 valence electrons. The number of fused-ring (bicyclic) bond motifs is 1. The van der Waals surface area contributed by atoms with E-state index in [9.17, 15) is 9.90 Å². The Balaban J connectivity index is 2.14. The van der Waals surface area contributed by atoms with Gasteiger partial charge in [0.05, 0.1) is 29.1 Å². The highest BCUT2D eigenvalue weighted by Crippen LogP contribution is 2.28. The number of nitrogens with zero attached hydrogens (tertiary/aromatic N) is 1. The molecule has 3 rings (SSSR count). The first-order chi connectivity index (χ1) is 10.1. The maximum Gasteiger partial charge on any atom is 0.335 e. The van der Waals surface area contributed by atoms with Crippen molar-refractivity contribution in [3.05, 3.63) is 59.8 Å². The lowest BCUT2D eigenvalue weighted by Crippen LogP contribution is -1.96. The number of hydrogen-bond donors (Lipinski definition) is 3. The lowest BCUT2D eigenvalue weighted by atomic mass is 10.1. The normalized spacial score (nSPS) is 10.9. The van der Waals surface area contributed by atoms with Crippen molar-refractivity contribution in [3.8, 4) is 11.3 Å². The maximum atomic E-state index is 10.9. The Morgan fingerprint density at radius 3 is 2.48 bits per heavy atom. The molecule has 0 unspecified atom stereocenters. The number of carboxylic acids is 1. The summed E-state index contributed by atoms with van der Waals surface area (Å²) in [5.41, 5.74) is 10.2. The van der Waals surface area contributed by atoms with Crippen LogP contribution in [0.1, 0.15) is 15.9 Å². The molecule has 1 aromatic carbocycles. The molecule has 0 aliphatic rings. The Bertz CT molecular complexity index is 819. The van der Waals surface area contributed by atoms with Crippen molar-refractivity contribution in [1.82, 2.24) is 4.40 Å². The van der Waals surface area contributed by atoms with Crippen LogP contribution >= 0.6 is 0 Å². The zero-order chi connectivity index (χ0) is 15.0. The summed E-state index contributed by atoms with van der Waals surface area (Å²) in [6.07, 6.45) is 1.84. The highest BCUT2D eigenvalue weighted by molar-refractivity contribution is 5.88. The summed E-state index contributed by atoms with van der Waals surface area (Å²) in [6.45, 7) is -0.0379. The summed E-state index contributed by atoms with van der Waals surface area (Å²) in [5.74, 6) is -0.950. The molecule has 0 atom stereocenters. The molecule has 0 spiro atoms. The van der Waals surface area contributed by atoms with Crippen LogP contribution in [0.3, 0.4) is 0 Å². The number of pyridine rings is 1. The Morgan fingerprint density at radius 2 is 1.86 bits per heavy atom. The summed E-state index contributed by atoms with van der Waals surface area (Å²) in [6, 6.07) is 12.1. The first-order valence-corrected chi connectivity index (χ1v) is 6.44. The van der Waals surface area contributed by atoms with Crippen LogP contribution in [-0.2, 0) is 6.61 Å². The number of hydrogen-bond acceptors (Lipinski definition) is 3. The highest BCUT2D eigenvalue weighted by atomic mass is 16.4. The number of anilines is 1. The highest BCUT2D eigenvalue weighted by Gasteiger charge is 2.10. The van der Waals surface area contributed by atoms with E-state index in [-0.39, 0.29) is 12.2 Å². The topological polar surface area (TPSA) is 88.0 Å². The second kappa shape index (κ2) is 4.96. The van der Waals surface area contributed by atoms with Gasteiger partial charge in [-0.25, -0.2) is 4.79 Å². The van der Waals surface area contributed by atoms with Crippen molar-refractivity contribution in [2.75, 3.05) is 5.73 Å². The average molecular weight is 282 g/mol. The second-order valence-electron chi connectivity index (χ2n) is 4.82. The van der Waals surface area contributed by atoms with E-state index >= 15 is 0 Å². The van der Waals surface area contributed by atoms with Gasteiger partial charge in [-0.05, 0) is 41.5 Å². The first-order valence-electron chi connectivity index (χ1n) is 6.44. The molecule has 0 radical (unpaired) electrons. The minimum absolute atomic E-state index is 0.0379. The smallest absolute Gasteiger partial charge is 0.335 e. The van der Waals surface area contributed by atoms with Crippen LogP contribution in [0, 0.1) is 0 Å². The molecule has 0 aliphatic carbocycles. The lowest BCUT2D eigenvalue weighted by molar-refractivity contribution is 0.0697. The van der Waals surface area contributed by atoms with Crippen LogP contribution in [0.15, 0.2) is 48.7 Å². The third kappa shape index (κ3) is 2.23. The van der Waals surface area contributed by atoms with Crippen molar-refractivity contribution < 1.29 is 15.0 Å².